The minimum atomic E-state index is -0.593. The molecule has 1 unspecified atom stereocenters. The van der Waals surface area contributed by atoms with Crippen molar-refractivity contribution in [2.24, 2.45) is 0 Å². The highest BCUT2D eigenvalue weighted by Gasteiger charge is 2.10. The number of hydrogen-bond donors (Lipinski definition) is 0. The van der Waals surface area contributed by atoms with Crippen molar-refractivity contribution in [2.45, 2.75) is 11.8 Å². The zero-order chi connectivity index (χ0) is 10.7. The minimum Gasteiger partial charge on any atom is -0.302 e. The van der Waals surface area contributed by atoms with Crippen LogP contribution in [0, 0.1) is 0 Å². The molecule has 76 valence electrons. The lowest BCUT2D eigenvalue weighted by atomic mass is 10.1. The largest absolute Gasteiger partial charge is 0.302 e. The van der Waals surface area contributed by atoms with E-state index >= 15 is 0 Å². The van der Waals surface area contributed by atoms with E-state index in [9.17, 15) is 4.79 Å². The van der Waals surface area contributed by atoms with Crippen molar-refractivity contribution < 1.29 is 4.79 Å². The first kappa shape index (κ1) is 12.1. The van der Waals surface area contributed by atoms with Gasteiger partial charge in [-0.05, 0) is 24.1 Å². The van der Waals surface area contributed by atoms with Gasteiger partial charge >= 0.3 is 0 Å². The Morgan fingerprint density at radius 2 is 1.71 bits per heavy atom. The number of halogens is 4. The predicted molar refractivity (Wildman–Crippen MR) is 60.9 cm³/mol. The molecule has 0 radical (unpaired) electrons. The molecule has 14 heavy (non-hydrogen) atoms. The Morgan fingerprint density at radius 1 is 1.14 bits per heavy atom. The van der Waals surface area contributed by atoms with Gasteiger partial charge in [-0.3, -0.25) is 0 Å². The number of carbonyl (C=O) groups is 1. The zero-order valence-corrected chi connectivity index (χ0v) is 9.96. The van der Waals surface area contributed by atoms with E-state index in [2.05, 4.69) is 0 Å². The molecule has 0 spiro atoms. The monoisotopic (exact) mass is 270 g/mol. The lowest BCUT2D eigenvalue weighted by Crippen LogP contribution is -2.04. The third-order valence-corrected chi connectivity index (χ3v) is 2.98. The topological polar surface area (TPSA) is 17.1 Å². The molecule has 0 fully saturated rings. The Hall–Kier alpha value is 0.0500. The summed E-state index contributed by atoms with van der Waals surface area (Å²) in [4.78, 5) is 10.3. The molecule has 0 aromatic heterocycles. The van der Waals surface area contributed by atoms with E-state index in [-0.39, 0.29) is 0 Å². The van der Waals surface area contributed by atoms with Crippen LogP contribution < -0.4 is 0 Å². The van der Waals surface area contributed by atoms with Gasteiger partial charge in [-0.25, -0.2) is 0 Å². The summed E-state index contributed by atoms with van der Waals surface area (Å²) in [5.74, 6) is 0. The van der Waals surface area contributed by atoms with Crippen molar-refractivity contribution in [1.29, 1.82) is 0 Å². The van der Waals surface area contributed by atoms with Crippen LogP contribution in [0.1, 0.15) is 5.56 Å². The Bertz CT molecular complexity index is 351. The van der Waals surface area contributed by atoms with Gasteiger partial charge in [-0.1, -0.05) is 34.8 Å². The fourth-order valence-electron chi connectivity index (χ4n) is 0.978. The van der Waals surface area contributed by atoms with Gasteiger partial charge < -0.3 is 4.79 Å². The highest BCUT2D eigenvalue weighted by atomic mass is 35.5. The maximum atomic E-state index is 10.3. The lowest BCUT2D eigenvalue weighted by molar-refractivity contribution is -0.107. The molecule has 1 aromatic rings. The van der Waals surface area contributed by atoms with E-state index < -0.39 is 5.38 Å². The van der Waals surface area contributed by atoms with E-state index in [0.29, 0.717) is 33.3 Å². The molecule has 5 heteroatoms. The van der Waals surface area contributed by atoms with E-state index in [1.807, 2.05) is 0 Å². The van der Waals surface area contributed by atoms with Gasteiger partial charge in [0.25, 0.3) is 0 Å². The maximum absolute atomic E-state index is 10.3. The Morgan fingerprint density at radius 3 is 2.29 bits per heavy atom. The van der Waals surface area contributed by atoms with Gasteiger partial charge in [0.05, 0.1) is 15.4 Å². The first-order valence-electron chi connectivity index (χ1n) is 3.77. The summed E-state index contributed by atoms with van der Waals surface area (Å²) in [5, 5.41) is 0.662. The molecule has 0 aliphatic carbocycles. The molecule has 0 bridgehead atoms. The van der Waals surface area contributed by atoms with Crippen LogP contribution in [0.2, 0.25) is 15.1 Å². The number of carbonyl (C=O) groups excluding carboxylic acids is 1. The van der Waals surface area contributed by atoms with Crippen LogP contribution >= 0.6 is 46.4 Å². The molecule has 0 saturated heterocycles. The van der Waals surface area contributed by atoms with Crippen molar-refractivity contribution in [3.8, 4) is 0 Å². The molecule has 0 saturated carbocycles. The van der Waals surface area contributed by atoms with Crippen LogP contribution in [0.3, 0.4) is 0 Å². The molecule has 1 nitrogen and oxygen atoms in total. The summed E-state index contributed by atoms with van der Waals surface area (Å²) in [5.41, 5.74) is 0.716. The molecule has 1 rings (SSSR count). The van der Waals surface area contributed by atoms with Crippen LogP contribution in [-0.2, 0) is 11.2 Å². The van der Waals surface area contributed by atoms with Gasteiger partial charge in [-0.2, -0.15) is 0 Å². The minimum absolute atomic E-state index is 0.348. The van der Waals surface area contributed by atoms with E-state index in [1.165, 1.54) is 6.07 Å². The van der Waals surface area contributed by atoms with Crippen LogP contribution in [-0.4, -0.2) is 11.7 Å². The number of alkyl halides is 1. The zero-order valence-electron chi connectivity index (χ0n) is 6.94. The standard InChI is InChI=1S/C9H6Cl4O/c10-6(4-14)1-5-2-8(12)9(13)3-7(5)11/h2-4,6H,1H2. The van der Waals surface area contributed by atoms with Gasteiger partial charge in [0.15, 0.2) is 0 Å². The Labute approximate surface area is 102 Å². The summed E-state index contributed by atoms with van der Waals surface area (Å²) in [6.07, 6.45) is 1.00. The summed E-state index contributed by atoms with van der Waals surface area (Å²) in [6, 6.07) is 3.15. The van der Waals surface area contributed by atoms with E-state index in [0.717, 1.165) is 0 Å². The second kappa shape index (κ2) is 5.22. The molecule has 1 atom stereocenters. The van der Waals surface area contributed by atoms with Crippen LogP contribution in [0.4, 0.5) is 0 Å². The third kappa shape index (κ3) is 3.03. The Kier molecular flexibility index (Phi) is 4.52. The normalized spacial score (nSPS) is 12.6. The first-order valence-corrected chi connectivity index (χ1v) is 5.34. The van der Waals surface area contributed by atoms with Gasteiger partial charge in [0.2, 0.25) is 0 Å². The molecule has 0 heterocycles. The number of benzene rings is 1. The highest BCUT2D eigenvalue weighted by Crippen LogP contribution is 2.29. The number of rotatable bonds is 3. The Balaban J connectivity index is 2.97. The van der Waals surface area contributed by atoms with Gasteiger partial charge in [0, 0.05) is 5.02 Å². The molecule has 1 aromatic carbocycles. The fourth-order valence-corrected chi connectivity index (χ4v) is 1.79. The highest BCUT2D eigenvalue weighted by molar-refractivity contribution is 6.43. The average molecular weight is 272 g/mol. The number of aldehydes is 1. The molecule has 0 aliphatic heterocycles. The van der Waals surface area contributed by atoms with Crippen molar-refractivity contribution in [3.05, 3.63) is 32.8 Å². The second-order valence-electron chi connectivity index (χ2n) is 2.71. The number of hydrogen-bond acceptors (Lipinski definition) is 1. The lowest BCUT2D eigenvalue weighted by Gasteiger charge is -2.06. The van der Waals surface area contributed by atoms with Crippen molar-refractivity contribution in [1.82, 2.24) is 0 Å². The molecule has 0 amide bonds. The van der Waals surface area contributed by atoms with E-state index in [4.69, 9.17) is 46.4 Å². The molecule has 0 aliphatic rings. The van der Waals surface area contributed by atoms with Crippen LogP contribution in [0.5, 0.6) is 0 Å². The van der Waals surface area contributed by atoms with E-state index in [1.54, 1.807) is 6.07 Å². The first-order chi connectivity index (χ1) is 6.54. The van der Waals surface area contributed by atoms with Crippen molar-refractivity contribution in [3.63, 3.8) is 0 Å². The van der Waals surface area contributed by atoms with Crippen LogP contribution in [0.15, 0.2) is 12.1 Å². The maximum Gasteiger partial charge on any atom is 0.138 e. The van der Waals surface area contributed by atoms with Crippen molar-refractivity contribution >= 4 is 52.7 Å². The SMILES string of the molecule is O=CC(Cl)Cc1cc(Cl)c(Cl)cc1Cl. The smallest absolute Gasteiger partial charge is 0.138 e. The molecule has 0 N–H and O–H groups in total. The van der Waals surface area contributed by atoms with Gasteiger partial charge in [-0.15, -0.1) is 11.6 Å². The van der Waals surface area contributed by atoms with Crippen LogP contribution in [0.25, 0.3) is 0 Å². The third-order valence-electron chi connectivity index (χ3n) is 1.65. The summed E-state index contributed by atoms with van der Waals surface area (Å²) >= 11 is 23.1. The molecular formula is C9H6Cl4O. The summed E-state index contributed by atoms with van der Waals surface area (Å²) < 4.78 is 0. The van der Waals surface area contributed by atoms with Gasteiger partial charge in [0.1, 0.15) is 6.29 Å². The fraction of sp³-hybridized carbons (Fsp3) is 0.222. The summed E-state index contributed by atoms with van der Waals surface area (Å²) in [7, 11) is 0. The predicted octanol–water partition coefficient (Wildman–Crippen LogP) is 4.00. The quantitative estimate of drug-likeness (QED) is 0.461. The average Bonchev–Trinajstić information content (AvgIpc) is 2.14. The summed E-state index contributed by atoms with van der Waals surface area (Å²) in [6.45, 7) is 0. The molecular weight excluding hydrogens is 266 g/mol. The van der Waals surface area contributed by atoms with Crippen molar-refractivity contribution in [2.75, 3.05) is 0 Å². The second-order valence-corrected chi connectivity index (χ2v) is 4.50.